The van der Waals surface area contributed by atoms with Crippen molar-refractivity contribution in [3.63, 3.8) is 0 Å². The van der Waals surface area contributed by atoms with Gasteiger partial charge < -0.3 is 5.11 Å². The Kier molecular flexibility index (Phi) is 14.1. The SMILES string of the molecule is CCS.O=C(O)CS. The Hall–Kier alpha value is 0.170. The average Bonchev–Trinajstić information content (AvgIpc) is 1.69. The minimum absolute atomic E-state index is 0.0833. The fraction of sp³-hybridized carbons (Fsp3) is 0.750. The molecule has 0 atom stereocenters. The second-order valence-corrected chi connectivity index (χ2v) is 1.82. The van der Waals surface area contributed by atoms with E-state index in [4.69, 9.17) is 5.11 Å². The van der Waals surface area contributed by atoms with Crippen molar-refractivity contribution in [2.45, 2.75) is 6.92 Å². The highest BCUT2D eigenvalue weighted by atomic mass is 32.1. The van der Waals surface area contributed by atoms with Crippen molar-refractivity contribution in [3.05, 3.63) is 0 Å². The number of carbonyl (C=O) groups is 1. The highest BCUT2D eigenvalue weighted by Gasteiger charge is 1.81. The molecular formula is C4H10O2S2. The maximum atomic E-state index is 9.29. The van der Waals surface area contributed by atoms with Crippen LogP contribution in [0.25, 0.3) is 0 Å². The molecule has 0 unspecified atom stereocenters. The topological polar surface area (TPSA) is 37.3 Å². The molecule has 0 heterocycles. The van der Waals surface area contributed by atoms with Crippen molar-refractivity contribution in [1.29, 1.82) is 0 Å². The van der Waals surface area contributed by atoms with Crippen LogP contribution in [0.15, 0.2) is 0 Å². The molecule has 2 nitrogen and oxygen atoms in total. The van der Waals surface area contributed by atoms with Crippen LogP contribution in [0, 0.1) is 0 Å². The van der Waals surface area contributed by atoms with Gasteiger partial charge in [0, 0.05) is 0 Å². The summed E-state index contributed by atoms with van der Waals surface area (Å²) in [6.07, 6.45) is 0. The van der Waals surface area contributed by atoms with Crippen LogP contribution in [0.2, 0.25) is 0 Å². The maximum Gasteiger partial charge on any atom is 0.313 e. The standard InChI is InChI=1S/C2H4O2S.C2H6S/c3-2(4)1-5;1-2-3/h5H,1H2,(H,3,4);3H,2H2,1H3. The van der Waals surface area contributed by atoms with Gasteiger partial charge in [0.05, 0.1) is 5.75 Å². The Balaban J connectivity index is 0. The lowest BCUT2D eigenvalue weighted by atomic mass is 10.8. The molecule has 0 aromatic heterocycles. The van der Waals surface area contributed by atoms with E-state index in [-0.39, 0.29) is 5.75 Å². The zero-order valence-electron chi connectivity index (χ0n) is 4.66. The molecule has 0 aromatic rings. The number of hydrogen-bond donors (Lipinski definition) is 3. The molecule has 0 aliphatic carbocycles. The van der Waals surface area contributed by atoms with Crippen LogP contribution in [0.5, 0.6) is 0 Å². The number of hydrogen-bond acceptors (Lipinski definition) is 3. The zero-order valence-corrected chi connectivity index (χ0v) is 6.45. The van der Waals surface area contributed by atoms with Gasteiger partial charge in [0.1, 0.15) is 0 Å². The molecule has 50 valence electrons. The van der Waals surface area contributed by atoms with Crippen molar-refractivity contribution < 1.29 is 9.90 Å². The Bertz CT molecular complexity index is 56.0. The molecule has 4 heteroatoms. The van der Waals surface area contributed by atoms with Gasteiger partial charge in [-0.05, 0) is 5.75 Å². The molecule has 0 rings (SSSR count). The van der Waals surface area contributed by atoms with E-state index in [0.717, 1.165) is 5.75 Å². The summed E-state index contributed by atoms with van der Waals surface area (Å²) in [6, 6.07) is 0. The minimum atomic E-state index is -0.881. The maximum absolute atomic E-state index is 9.29. The van der Waals surface area contributed by atoms with Gasteiger partial charge in [-0.25, -0.2) is 0 Å². The third kappa shape index (κ3) is 35.0. The fourth-order valence-corrected chi connectivity index (χ4v) is 0. The van der Waals surface area contributed by atoms with Gasteiger partial charge in [0.2, 0.25) is 0 Å². The summed E-state index contributed by atoms with van der Waals surface area (Å²) in [5.74, 6) is -0.0201. The first-order chi connectivity index (χ1) is 3.68. The Morgan fingerprint density at radius 1 is 1.62 bits per heavy atom. The van der Waals surface area contributed by atoms with Crippen molar-refractivity contribution in [2.75, 3.05) is 11.5 Å². The van der Waals surface area contributed by atoms with Crippen LogP contribution in [-0.2, 0) is 4.79 Å². The summed E-state index contributed by atoms with van der Waals surface area (Å²) in [5.41, 5.74) is 0. The van der Waals surface area contributed by atoms with E-state index in [9.17, 15) is 4.79 Å². The molecule has 0 saturated heterocycles. The van der Waals surface area contributed by atoms with Crippen LogP contribution in [0.1, 0.15) is 6.92 Å². The quantitative estimate of drug-likeness (QED) is 0.492. The van der Waals surface area contributed by atoms with Crippen molar-refractivity contribution >= 4 is 31.2 Å². The first kappa shape index (κ1) is 11.0. The molecule has 1 N–H and O–H groups in total. The molecule has 0 amide bonds. The van der Waals surface area contributed by atoms with Gasteiger partial charge >= 0.3 is 5.97 Å². The van der Waals surface area contributed by atoms with Gasteiger partial charge in [0.25, 0.3) is 0 Å². The summed E-state index contributed by atoms with van der Waals surface area (Å²) in [6.45, 7) is 1.99. The molecule has 8 heavy (non-hydrogen) atoms. The molecule has 0 spiro atoms. The van der Waals surface area contributed by atoms with Crippen molar-refractivity contribution in [3.8, 4) is 0 Å². The summed E-state index contributed by atoms with van der Waals surface area (Å²) in [4.78, 5) is 9.29. The van der Waals surface area contributed by atoms with Gasteiger partial charge in [-0.2, -0.15) is 25.3 Å². The molecule has 0 saturated carbocycles. The lowest BCUT2D eigenvalue weighted by Crippen LogP contribution is -1.92. The van der Waals surface area contributed by atoms with E-state index >= 15 is 0 Å². The highest BCUT2D eigenvalue weighted by Crippen LogP contribution is 1.66. The van der Waals surface area contributed by atoms with Gasteiger partial charge in [0.15, 0.2) is 0 Å². The molecule has 0 bridgehead atoms. The zero-order chi connectivity index (χ0) is 6.99. The first-order valence-corrected chi connectivity index (χ1v) is 3.39. The summed E-state index contributed by atoms with van der Waals surface area (Å²) < 4.78 is 0. The van der Waals surface area contributed by atoms with Crippen molar-refractivity contribution in [1.82, 2.24) is 0 Å². The smallest absolute Gasteiger partial charge is 0.313 e. The van der Waals surface area contributed by atoms with E-state index < -0.39 is 5.97 Å². The third-order valence-electron chi connectivity index (χ3n) is 0.135. The minimum Gasteiger partial charge on any atom is -0.481 e. The number of carboxylic acid groups (broad SMARTS) is 1. The van der Waals surface area contributed by atoms with E-state index in [2.05, 4.69) is 25.3 Å². The van der Waals surface area contributed by atoms with Gasteiger partial charge in [-0.1, -0.05) is 6.92 Å². The highest BCUT2D eigenvalue weighted by molar-refractivity contribution is 7.81. The van der Waals surface area contributed by atoms with Crippen LogP contribution in [-0.4, -0.2) is 22.6 Å². The number of aliphatic carboxylic acids is 1. The molecule has 0 aromatic carbocycles. The number of thiol groups is 2. The summed E-state index contributed by atoms with van der Waals surface area (Å²) in [5, 5.41) is 7.65. The first-order valence-electron chi connectivity index (χ1n) is 2.12. The van der Waals surface area contributed by atoms with Crippen LogP contribution >= 0.6 is 25.3 Å². The van der Waals surface area contributed by atoms with Gasteiger partial charge in [-0.15, -0.1) is 0 Å². The second-order valence-electron chi connectivity index (χ2n) is 0.868. The molecule has 0 radical (unpaired) electrons. The normalized spacial score (nSPS) is 6.88. The third-order valence-corrected chi connectivity index (χ3v) is 0.406. The fourth-order valence-electron chi connectivity index (χ4n) is 0. The van der Waals surface area contributed by atoms with Crippen LogP contribution in [0.3, 0.4) is 0 Å². The Morgan fingerprint density at radius 2 is 1.75 bits per heavy atom. The van der Waals surface area contributed by atoms with E-state index in [1.165, 1.54) is 0 Å². The van der Waals surface area contributed by atoms with E-state index in [1.807, 2.05) is 6.92 Å². The lowest BCUT2D eigenvalue weighted by molar-refractivity contribution is -0.133. The lowest BCUT2D eigenvalue weighted by Gasteiger charge is -1.71. The monoisotopic (exact) mass is 154 g/mol. The van der Waals surface area contributed by atoms with Crippen LogP contribution in [0.4, 0.5) is 0 Å². The molecule has 0 aliphatic rings. The summed E-state index contributed by atoms with van der Waals surface area (Å²) >= 11 is 7.20. The largest absolute Gasteiger partial charge is 0.481 e. The average molecular weight is 154 g/mol. The molecule has 0 aliphatic heterocycles. The van der Waals surface area contributed by atoms with Crippen LogP contribution < -0.4 is 0 Å². The second kappa shape index (κ2) is 10.2. The Labute approximate surface area is 60.1 Å². The van der Waals surface area contributed by atoms with Crippen molar-refractivity contribution in [2.24, 2.45) is 0 Å². The number of carboxylic acids is 1. The van der Waals surface area contributed by atoms with E-state index in [0.29, 0.717) is 0 Å². The predicted molar refractivity (Wildman–Crippen MR) is 41.0 cm³/mol. The summed E-state index contributed by atoms with van der Waals surface area (Å²) in [7, 11) is 0. The molecule has 0 fully saturated rings. The Morgan fingerprint density at radius 3 is 1.75 bits per heavy atom. The van der Waals surface area contributed by atoms with Gasteiger partial charge in [-0.3, -0.25) is 4.79 Å². The predicted octanol–water partition coefficient (Wildman–Crippen LogP) is 0.937. The van der Waals surface area contributed by atoms with E-state index in [1.54, 1.807) is 0 Å². The molecular weight excluding hydrogens is 144 g/mol. The number of rotatable bonds is 1.